The Kier molecular flexibility index (Phi) is 3.64. The molecule has 7 heteroatoms. The summed E-state index contributed by atoms with van der Waals surface area (Å²) in [7, 11) is -4.05. The van der Waals surface area contributed by atoms with Crippen molar-refractivity contribution >= 4 is 33.0 Å². The van der Waals surface area contributed by atoms with Gasteiger partial charge in [0.15, 0.2) is 0 Å². The minimum atomic E-state index is -4.05. The van der Waals surface area contributed by atoms with E-state index in [0.717, 1.165) is 12.1 Å². The molecule has 0 aliphatic heterocycles. The quantitative estimate of drug-likeness (QED) is 0.856. The summed E-state index contributed by atoms with van der Waals surface area (Å²) in [6, 6.07) is 9.45. The zero-order chi connectivity index (χ0) is 14.0. The van der Waals surface area contributed by atoms with Gasteiger partial charge in [-0.15, -0.1) is 0 Å². The van der Waals surface area contributed by atoms with Crippen LogP contribution in [-0.4, -0.2) is 8.42 Å². The Balaban J connectivity index is 2.40. The summed E-state index contributed by atoms with van der Waals surface area (Å²) in [6.07, 6.45) is 0. The molecule has 2 aromatic carbocycles. The maximum atomic E-state index is 13.5. The molecular formula is C12H10ClFN2O2S. The molecule has 19 heavy (non-hydrogen) atoms. The van der Waals surface area contributed by atoms with E-state index < -0.39 is 20.7 Å². The molecule has 0 bridgehead atoms. The van der Waals surface area contributed by atoms with Crippen LogP contribution in [0.1, 0.15) is 0 Å². The van der Waals surface area contributed by atoms with Crippen molar-refractivity contribution in [2.45, 2.75) is 4.90 Å². The van der Waals surface area contributed by atoms with Crippen LogP contribution in [0.2, 0.25) is 5.02 Å². The first-order valence-electron chi connectivity index (χ1n) is 5.22. The summed E-state index contributed by atoms with van der Waals surface area (Å²) in [5.41, 5.74) is 5.87. The zero-order valence-electron chi connectivity index (χ0n) is 9.60. The Morgan fingerprint density at radius 2 is 1.89 bits per heavy atom. The molecule has 0 fully saturated rings. The molecular weight excluding hydrogens is 291 g/mol. The van der Waals surface area contributed by atoms with Gasteiger partial charge in [-0.2, -0.15) is 0 Å². The average Bonchev–Trinajstić information content (AvgIpc) is 2.31. The van der Waals surface area contributed by atoms with Gasteiger partial charge in [-0.05, 0) is 36.4 Å². The number of nitrogens with two attached hydrogens (primary N) is 1. The maximum absolute atomic E-state index is 13.5. The first kappa shape index (κ1) is 13.6. The maximum Gasteiger partial charge on any atom is 0.264 e. The van der Waals surface area contributed by atoms with Crippen molar-refractivity contribution < 1.29 is 12.8 Å². The lowest BCUT2D eigenvalue weighted by atomic mass is 10.3. The van der Waals surface area contributed by atoms with Crippen molar-refractivity contribution in [2.24, 2.45) is 0 Å². The van der Waals surface area contributed by atoms with E-state index in [1.807, 2.05) is 0 Å². The molecule has 2 rings (SSSR count). The van der Waals surface area contributed by atoms with E-state index in [-0.39, 0.29) is 11.4 Å². The third-order valence-corrected chi connectivity index (χ3v) is 3.95. The highest BCUT2D eigenvalue weighted by atomic mass is 35.5. The predicted molar refractivity (Wildman–Crippen MR) is 73.1 cm³/mol. The van der Waals surface area contributed by atoms with Gasteiger partial charge in [0.2, 0.25) is 0 Å². The van der Waals surface area contributed by atoms with Gasteiger partial charge in [-0.3, -0.25) is 4.72 Å². The van der Waals surface area contributed by atoms with Crippen LogP contribution in [0, 0.1) is 5.82 Å². The van der Waals surface area contributed by atoms with Crippen molar-refractivity contribution in [3.05, 3.63) is 53.3 Å². The molecule has 0 unspecified atom stereocenters. The number of nitrogens with one attached hydrogen (secondary N) is 1. The number of rotatable bonds is 3. The topological polar surface area (TPSA) is 72.2 Å². The Labute approximate surface area is 115 Å². The molecule has 0 spiro atoms. The van der Waals surface area contributed by atoms with E-state index in [9.17, 15) is 12.8 Å². The van der Waals surface area contributed by atoms with Gasteiger partial charge in [0.25, 0.3) is 10.0 Å². The molecule has 0 heterocycles. The van der Waals surface area contributed by atoms with Crippen LogP contribution < -0.4 is 10.5 Å². The molecule has 100 valence electrons. The molecule has 0 saturated heterocycles. The average molecular weight is 301 g/mol. The number of benzene rings is 2. The lowest BCUT2D eigenvalue weighted by Crippen LogP contribution is -2.14. The fourth-order valence-electron chi connectivity index (χ4n) is 1.49. The van der Waals surface area contributed by atoms with Gasteiger partial charge in [0, 0.05) is 10.7 Å². The monoisotopic (exact) mass is 300 g/mol. The lowest BCUT2D eigenvalue weighted by molar-refractivity contribution is 0.570. The largest absolute Gasteiger partial charge is 0.399 e. The molecule has 0 saturated carbocycles. The Hall–Kier alpha value is -1.79. The van der Waals surface area contributed by atoms with E-state index >= 15 is 0 Å². The van der Waals surface area contributed by atoms with Gasteiger partial charge < -0.3 is 5.73 Å². The number of nitrogen functional groups attached to an aromatic ring is 1. The third kappa shape index (κ3) is 3.15. The number of anilines is 2. The Morgan fingerprint density at radius 3 is 2.58 bits per heavy atom. The molecule has 0 aliphatic rings. The first-order chi connectivity index (χ1) is 8.88. The smallest absolute Gasteiger partial charge is 0.264 e. The second kappa shape index (κ2) is 5.07. The van der Waals surface area contributed by atoms with Crippen LogP contribution in [0.4, 0.5) is 15.8 Å². The molecule has 0 aromatic heterocycles. The van der Waals surface area contributed by atoms with E-state index in [2.05, 4.69) is 4.72 Å². The van der Waals surface area contributed by atoms with Gasteiger partial charge >= 0.3 is 0 Å². The van der Waals surface area contributed by atoms with Crippen molar-refractivity contribution in [3.63, 3.8) is 0 Å². The van der Waals surface area contributed by atoms with E-state index in [0.29, 0.717) is 5.02 Å². The van der Waals surface area contributed by atoms with Crippen molar-refractivity contribution in [1.82, 2.24) is 0 Å². The molecule has 4 nitrogen and oxygen atoms in total. The Bertz CT molecular complexity index is 719. The predicted octanol–water partition coefficient (Wildman–Crippen LogP) is 2.86. The van der Waals surface area contributed by atoms with Crippen LogP contribution in [0.25, 0.3) is 0 Å². The zero-order valence-corrected chi connectivity index (χ0v) is 11.2. The van der Waals surface area contributed by atoms with Crippen molar-refractivity contribution in [1.29, 1.82) is 0 Å². The summed E-state index contributed by atoms with van der Waals surface area (Å²) in [5.74, 6) is -0.872. The normalized spacial score (nSPS) is 11.3. The molecule has 0 atom stereocenters. The van der Waals surface area contributed by atoms with Crippen LogP contribution in [0.5, 0.6) is 0 Å². The lowest BCUT2D eigenvalue weighted by Gasteiger charge is -2.09. The molecule has 0 amide bonds. The van der Waals surface area contributed by atoms with Crippen molar-refractivity contribution in [3.8, 4) is 0 Å². The Morgan fingerprint density at radius 1 is 1.16 bits per heavy atom. The SMILES string of the molecule is Nc1ccc(F)c(S(=O)(=O)Nc2cccc(Cl)c2)c1. The van der Waals surface area contributed by atoms with Crippen LogP contribution in [-0.2, 0) is 10.0 Å². The highest BCUT2D eigenvalue weighted by Crippen LogP contribution is 2.22. The highest BCUT2D eigenvalue weighted by Gasteiger charge is 2.19. The third-order valence-electron chi connectivity index (χ3n) is 2.32. The summed E-state index contributed by atoms with van der Waals surface area (Å²) in [5, 5.41) is 0.369. The minimum absolute atomic E-state index is 0.160. The highest BCUT2D eigenvalue weighted by molar-refractivity contribution is 7.92. The van der Waals surface area contributed by atoms with Crippen LogP contribution in [0.3, 0.4) is 0 Å². The van der Waals surface area contributed by atoms with E-state index in [1.165, 1.54) is 18.2 Å². The van der Waals surface area contributed by atoms with Gasteiger partial charge in [0.05, 0.1) is 5.69 Å². The summed E-state index contributed by atoms with van der Waals surface area (Å²) >= 11 is 5.75. The van der Waals surface area contributed by atoms with Crippen LogP contribution in [0.15, 0.2) is 47.4 Å². The summed E-state index contributed by atoms with van der Waals surface area (Å²) in [4.78, 5) is -0.507. The fourth-order valence-corrected chi connectivity index (χ4v) is 2.84. The second-order valence-electron chi connectivity index (χ2n) is 3.81. The first-order valence-corrected chi connectivity index (χ1v) is 7.08. The number of halogens is 2. The summed E-state index contributed by atoms with van der Waals surface area (Å²) in [6.45, 7) is 0. The van der Waals surface area contributed by atoms with Gasteiger partial charge in [-0.25, -0.2) is 12.8 Å². The van der Waals surface area contributed by atoms with Crippen molar-refractivity contribution in [2.75, 3.05) is 10.5 Å². The van der Waals surface area contributed by atoms with E-state index in [1.54, 1.807) is 12.1 Å². The second-order valence-corrected chi connectivity index (χ2v) is 5.89. The fraction of sp³-hybridized carbons (Fsp3) is 0. The van der Waals surface area contributed by atoms with Gasteiger partial charge in [0.1, 0.15) is 10.7 Å². The summed E-state index contributed by atoms with van der Waals surface area (Å²) < 4.78 is 39.9. The number of hydrogen-bond donors (Lipinski definition) is 2. The number of sulfonamides is 1. The van der Waals surface area contributed by atoms with Crippen LogP contribution >= 0.6 is 11.6 Å². The number of hydrogen-bond acceptors (Lipinski definition) is 3. The minimum Gasteiger partial charge on any atom is -0.399 e. The molecule has 3 N–H and O–H groups in total. The van der Waals surface area contributed by atoms with Gasteiger partial charge in [-0.1, -0.05) is 17.7 Å². The molecule has 0 aliphatic carbocycles. The molecule has 0 radical (unpaired) electrons. The standard InChI is InChI=1S/C12H10ClFN2O2S/c13-8-2-1-3-10(6-8)16-19(17,18)12-7-9(15)4-5-11(12)14/h1-7,16H,15H2. The molecule has 2 aromatic rings. The van der Waals surface area contributed by atoms with E-state index in [4.69, 9.17) is 17.3 Å².